The predicted molar refractivity (Wildman–Crippen MR) is 73.4 cm³/mol. The van der Waals surface area contributed by atoms with Crippen molar-refractivity contribution < 1.29 is 8.78 Å². The van der Waals surface area contributed by atoms with Crippen molar-refractivity contribution in [1.82, 2.24) is 0 Å². The monoisotopic (exact) mass is 260 g/mol. The first-order chi connectivity index (χ1) is 9.08. The van der Waals surface area contributed by atoms with E-state index in [2.05, 4.69) is 10.5 Å². The van der Waals surface area contributed by atoms with Gasteiger partial charge in [-0.3, -0.25) is 5.43 Å². The molecule has 0 radical (unpaired) electrons. The maximum Gasteiger partial charge on any atom is 0.135 e. The van der Waals surface area contributed by atoms with Crippen LogP contribution >= 0.6 is 0 Å². The fraction of sp³-hybridized carbons (Fsp3) is 0.133. The smallest absolute Gasteiger partial charge is 0.135 e. The number of hydrazone groups is 1. The number of anilines is 1. The van der Waals surface area contributed by atoms with Crippen molar-refractivity contribution in [2.45, 2.75) is 13.8 Å². The van der Waals surface area contributed by atoms with Crippen LogP contribution in [0, 0.1) is 18.6 Å². The Hall–Kier alpha value is -2.23. The average Bonchev–Trinajstić information content (AvgIpc) is 2.36. The highest BCUT2D eigenvalue weighted by atomic mass is 19.1. The lowest BCUT2D eigenvalue weighted by atomic mass is 10.1. The van der Waals surface area contributed by atoms with Gasteiger partial charge in [-0.2, -0.15) is 5.10 Å². The van der Waals surface area contributed by atoms with E-state index in [-0.39, 0.29) is 11.3 Å². The van der Waals surface area contributed by atoms with E-state index in [9.17, 15) is 8.78 Å². The number of halogens is 2. The zero-order valence-corrected chi connectivity index (χ0v) is 10.7. The summed E-state index contributed by atoms with van der Waals surface area (Å²) in [6.07, 6.45) is 0. The predicted octanol–water partition coefficient (Wildman–Crippen LogP) is 4.11. The summed E-state index contributed by atoms with van der Waals surface area (Å²) >= 11 is 0. The van der Waals surface area contributed by atoms with Crippen LogP contribution in [0.3, 0.4) is 0 Å². The molecule has 2 aromatic rings. The van der Waals surface area contributed by atoms with Crippen LogP contribution in [-0.4, -0.2) is 5.71 Å². The van der Waals surface area contributed by atoms with E-state index in [1.807, 2.05) is 31.2 Å². The first-order valence-corrected chi connectivity index (χ1v) is 5.89. The molecule has 0 amide bonds. The summed E-state index contributed by atoms with van der Waals surface area (Å²) in [7, 11) is 0. The van der Waals surface area contributed by atoms with Crippen molar-refractivity contribution >= 4 is 11.4 Å². The summed E-state index contributed by atoms with van der Waals surface area (Å²) in [6, 6.07) is 11.3. The highest BCUT2D eigenvalue weighted by Crippen LogP contribution is 2.14. The fourth-order valence-corrected chi connectivity index (χ4v) is 1.76. The zero-order chi connectivity index (χ0) is 13.8. The fourth-order valence-electron chi connectivity index (χ4n) is 1.76. The Bertz CT molecular complexity index is 601. The Morgan fingerprint density at radius 1 is 1.05 bits per heavy atom. The number of aryl methyl sites for hydroxylation is 1. The van der Waals surface area contributed by atoms with Gasteiger partial charge in [-0.15, -0.1) is 0 Å². The van der Waals surface area contributed by atoms with E-state index in [0.717, 1.165) is 11.3 Å². The van der Waals surface area contributed by atoms with Crippen molar-refractivity contribution in [2.24, 2.45) is 5.10 Å². The van der Waals surface area contributed by atoms with Crippen LogP contribution in [0.25, 0.3) is 0 Å². The second-order valence-corrected chi connectivity index (χ2v) is 4.28. The standard InChI is InChI=1S/C15H14F2N2/c1-10-5-3-6-12(9-10)19-18-11(2)15-13(16)7-4-8-14(15)17/h3-9,19H,1-2H3/b18-11-. The Balaban J connectivity index is 2.24. The van der Waals surface area contributed by atoms with Gasteiger partial charge in [0.05, 0.1) is 17.0 Å². The third kappa shape index (κ3) is 3.16. The number of nitrogens with zero attached hydrogens (tertiary/aromatic N) is 1. The van der Waals surface area contributed by atoms with E-state index in [0.29, 0.717) is 0 Å². The quantitative estimate of drug-likeness (QED) is 0.651. The molecule has 0 atom stereocenters. The molecule has 2 nitrogen and oxygen atoms in total. The highest BCUT2D eigenvalue weighted by Gasteiger charge is 2.11. The normalized spacial score (nSPS) is 11.5. The average molecular weight is 260 g/mol. The van der Waals surface area contributed by atoms with Crippen molar-refractivity contribution in [3.63, 3.8) is 0 Å². The van der Waals surface area contributed by atoms with Gasteiger partial charge in [0.2, 0.25) is 0 Å². The van der Waals surface area contributed by atoms with Crippen LogP contribution in [0.15, 0.2) is 47.6 Å². The van der Waals surface area contributed by atoms with Gasteiger partial charge in [0.25, 0.3) is 0 Å². The van der Waals surface area contributed by atoms with E-state index in [1.54, 1.807) is 6.92 Å². The molecule has 0 aliphatic heterocycles. The molecule has 0 heterocycles. The Morgan fingerprint density at radius 3 is 2.32 bits per heavy atom. The van der Waals surface area contributed by atoms with E-state index in [4.69, 9.17) is 0 Å². The second kappa shape index (κ2) is 5.61. The minimum Gasteiger partial charge on any atom is -0.278 e. The van der Waals surface area contributed by atoms with Crippen LogP contribution in [0.5, 0.6) is 0 Å². The lowest BCUT2D eigenvalue weighted by Crippen LogP contribution is -2.05. The first-order valence-electron chi connectivity index (χ1n) is 5.89. The van der Waals surface area contributed by atoms with Gasteiger partial charge in [-0.25, -0.2) is 8.78 Å². The molecule has 2 rings (SSSR count). The molecular formula is C15H14F2N2. The van der Waals surface area contributed by atoms with Gasteiger partial charge in [0.15, 0.2) is 0 Å². The molecule has 0 fully saturated rings. The summed E-state index contributed by atoms with van der Waals surface area (Å²) in [4.78, 5) is 0. The molecule has 0 saturated carbocycles. The van der Waals surface area contributed by atoms with Crippen molar-refractivity contribution in [3.8, 4) is 0 Å². The van der Waals surface area contributed by atoms with Crippen molar-refractivity contribution in [1.29, 1.82) is 0 Å². The van der Waals surface area contributed by atoms with Gasteiger partial charge in [0, 0.05) is 0 Å². The molecule has 4 heteroatoms. The van der Waals surface area contributed by atoms with Crippen LogP contribution in [0.4, 0.5) is 14.5 Å². The van der Waals surface area contributed by atoms with Crippen LogP contribution < -0.4 is 5.43 Å². The van der Waals surface area contributed by atoms with E-state index in [1.165, 1.54) is 18.2 Å². The topological polar surface area (TPSA) is 24.4 Å². The number of nitrogens with one attached hydrogen (secondary N) is 1. The Kier molecular flexibility index (Phi) is 3.90. The Labute approximate surface area is 110 Å². The van der Waals surface area contributed by atoms with Gasteiger partial charge in [-0.05, 0) is 43.7 Å². The SMILES string of the molecule is C/C(=N/Nc1cccc(C)c1)c1c(F)cccc1F. The number of hydrogen-bond acceptors (Lipinski definition) is 2. The molecule has 0 saturated heterocycles. The van der Waals surface area contributed by atoms with Gasteiger partial charge in [-0.1, -0.05) is 18.2 Å². The maximum absolute atomic E-state index is 13.5. The van der Waals surface area contributed by atoms with Gasteiger partial charge >= 0.3 is 0 Å². The minimum absolute atomic E-state index is 0.109. The number of hydrogen-bond donors (Lipinski definition) is 1. The zero-order valence-electron chi connectivity index (χ0n) is 10.7. The molecule has 2 aromatic carbocycles. The van der Waals surface area contributed by atoms with Crippen LogP contribution in [0.2, 0.25) is 0 Å². The van der Waals surface area contributed by atoms with E-state index >= 15 is 0 Å². The second-order valence-electron chi connectivity index (χ2n) is 4.28. The van der Waals surface area contributed by atoms with E-state index < -0.39 is 11.6 Å². The highest BCUT2D eigenvalue weighted by molar-refractivity contribution is 5.99. The molecular weight excluding hydrogens is 246 g/mol. The lowest BCUT2D eigenvalue weighted by molar-refractivity contribution is 0.579. The molecule has 0 aliphatic rings. The van der Waals surface area contributed by atoms with Crippen LogP contribution in [0.1, 0.15) is 18.1 Å². The molecule has 1 N–H and O–H groups in total. The molecule has 0 aliphatic carbocycles. The molecule has 0 bridgehead atoms. The number of rotatable bonds is 3. The minimum atomic E-state index is -0.618. The van der Waals surface area contributed by atoms with Gasteiger partial charge in [0.1, 0.15) is 11.6 Å². The summed E-state index contributed by atoms with van der Waals surface area (Å²) in [6.45, 7) is 3.52. The third-order valence-corrected chi connectivity index (χ3v) is 2.70. The van der Waals surface area contributed by atoms with Crippen LogP contribution in [-0.2, 0) is 0 Å². The molecule has 0 unspecified atom stereocenters. The summed E-state index contributed by atoms with van der Waals surface area (Å²) in [5.74, 6) is -1.24. The largest absolute Gasteiger partial charge is 0.278 e. The first kappa shape index (κ1) is 13.2. The molecule has 98 valence electrons. The third-order valence-electron chi connectivity index (χ3n) is 2.70. The van der Waals surface area contributed by atoms with Gasteiger partial charge < -0.3 is 0 Å². The lowest BCUT2D eigenvalue weighted by Gasteiger charge is -2.06. The molecule has 0 aromatic heterocycles. The molecule has 19 heavy (non-hydrogen) atoms. The van der Waals surface area contributed by atoms with Crippen molar-refractivity contribution in [3.05, 3.63) is 65.2 Å². The Morgan fingerprint density at radius 2 is 1.68 bits per heavy atom. The number of benzene rings is 2. The summed E-state index contributed by atoms with van der Waals surface area (Å²) in [5.41, 5.74) is 4.80. The maximum atomic E-state index is 13.5. The van der Waals surface area contributed by atoms with Crippen molar-refractivity contribution in [2.75, 3.05) is 5.43 Å². The summed E-state index contributed by atoms with van der Waals surface area (Å²) in [5, 5.41) is 4.01. The molecule has 0 spiro atoms. The summed E-state index contributed by atoms with van der Waals surface area (Å²) < 4.78 is 27.1.